The Morgan fingerprint density at radius 3 is 1.70 bits per heavy atom. The lowest BCUT2D eigenvalue weighted by atomic mass is 10.1. The molecule has 5 rings (SSSR count). The van der Waals surface area contributed by atoms with Gasteiger partial charge in [0.25, 0.3) is 0 Å². The van der Waals surface area contributed by atoms with Crippen LogP contribution in [0.5, 0.6) is 0 Å². The number of hydrogen-bond donors (Lipinski definition) is 0. The molecule has 3 heteroatoms. The van der Waals surface area contributed by atoms with Gasteiger partial charge in [0.05, 0.1) is 0 Å². The second kappa shape index (κ2) is 9.03. The number of fused-ring (bicyclic) bond motifs is 3. The summed E-state index contributed by atoms with van der Waals surface area (Å²) in [6, 6.07) is 28.5. The quantitative estimate of drug-likeness (QED) is 0.433. The summed E-state index contributed by atoms with van der Waals surface area (Å²) >= 11 is 0. The van der Waals surface area contributed by atoms with Crippen LogP contribution in [0.3, 0.4) is 0 Å². The number of piperazine rings is 1. The normalized spacial score (nSPS) is 15.9. The maximum Gasteiger partial charge on any atom is 0.0491 e. The van der Waals surface area contributed by atoms with Crippen LogP contribution in [0, 0.1) is 0 Å². The van der Waals surface area contributed by atoms with E-state index in [1.807, 2.05) is 0 Å². The lowest BCUT2D eigenvalue weighted by Crippen LogP contribution is -2.47. The van der Waals surface area contributed by atoms with Crippen LogP contribution in [-0.2, 0) is 13.0 Å². The van der Waals surface area contributed by atoms with Gasteiger partial charge in [-0.2, -0.15) is 0 Å². The van der Waals surface area contributed by atoms with Crippen LogP contribution in [0.1, 0.15) is 12.0 Å². The first-order chi connectivity index (χ1) is 14.9. The van der Waals surface area contributed by atoms with Gasteiger partial charge in [0.2, 0.25) is 0 Å². The second-order valence-electron chi connectivity index (χ2n) is 8.46. The monoisotopic (exact) mass is 397 g/mol. The summed E-state index contributed by atoms with van der Waals surface area (Å²) in [5.41, 5.74) is 4.18. The van der Waals surface area contributed by atoms with Crippen LogP contribution >= 0.6 is 0 Å². The molecule has 2 heterocycles. The van der Waals surface area contributed by atoms with Gasteiger partial charge in [-0.1, -0.05) is 66.7 Å². The highest BCUT2D eigenvalue weighted by Crippen LogP contribution is 2.28. The fourth-order valence-electron chi connectivity index (χ4n) is 4.87. The first kappa shape index (κ1) is 19.3. The van der Waals surface area contributed by atoms with Crippen LogP contribution < -0.4 is 0 Å². The van der Waals surface area contributed by atoms with Crippen LogP contribution in [-0.4, -0.2) is 53.6 Å². The van der Waals surface area contributed by atoms with Crippen LogP contribution in [0.15, 0.2) is 78.9 Å². The van der Waals surface area contributed by atoms with Gasteiger partial charge in [-0.25, -0.2) is 0 Å². The molecule has 154 valence electrons. The molecule has 30 heavy (non-hydrogen) atoms. The molecule has 0 spiro atoms. The van der Waals surface area contributed by atoms with Crippen molar-refractivity contribution in [2.45, 2.75) is 19.4 Å². The summed E-state index contributed by atoms with van der Waals surface area (Å²) < 4.78 is 2.51. The molecular weight excluding hydrogens is 366 g/mol. The van der Waals surface area contributed by atoms with Gasteiger partial charge in [0.15, 0.2) is 0 Å². The molecule has 0 amide bonds. The zero-order valence-electron chi connectivity index (χ0n) is 17.7. The van der Waals surface area contributed by atoms with Crippen molar-refractivity contribution >= 4 is 21.8 Å². The Labute approximate surface area is 179 Å². The third-order valence-corrected chi connectivity index (χ3v) is 6.56. The van der Waals surface area contributed by atoms with Crippen molar-refractivity contribution in [3.05, 3.63) is 84.4 Å². The highest BCUT2D eigenvalue weighted by Gasteiger charge is 2.16. The molecule has 0 unspecified atom stereocenters. The zero-order chi connectivity index (χ0) is 20.2. The summed E-state index contributed by atoms with van der Waals surface area (Å²) in [5.74, 6) is 0. The molecule has 0 N–H and O–H groups in total. The molecule has 3 aromatic carbocycles. The molecule has 1 aliphatic rings. The van der Waals surface area contributed by atoms with Gasteiger partial charge in [0, 0.05) is 61.1 Å². The summed E-state index contributed by atoms with van der Waals surface area (Å²) in [6.45, 7) is 8.24. The van der Waals surface area contributed by atoms with E-state index in [0.29, 0.717) is 0 Å². The van der Waals surface area contributed by atoms with E-state index in [2.05, 4.69) is 93.2 Å². The molecule has 1 saturated heterocycles. The van der Waals surface area contributed by atoms with Gasteiger partial charge < -0.3 is 14.4 Å². The molecule has 0 radical (unpaired) electrons. The van der Waals surface area contributed by atoms with E-state index in [9.17, 15) is 0 Å². The highest BCUT2D eigenvalue weighted by atomic mass is 15.3. The van der Waals surface area contributed by atoms with Gasteiger partial charge in [-0.05, 0) is 37.1 Å². The minimum absolute atomic E-state index is 1.09. The van der Waals surface area contributed by atoms with Gasteiger partial charge >= 0.3 is 0 Å². The third kappa shape index (κ3) is 4.14. The molecular formula is C27H31N3. The maximum atomic E-state index is 2.65. The average Bonchev–Trinajstić information content (AvgIpc) is 3.13. The Morgan fingerprint density at radius 1 is 0.533 bits per heavy atom. The van der Waals surface area contributed by atoms with Crippen molar-refractivity contribution in [1.29, 1.82) is 0 Å². The van der Waals surface area contributed by atoms with Crippen molar-refractivity contribution in [3.63, 3.8) is 0 Å². The van der Waals surface area contributed by atoms with Crippen molar-refractivity contribution in [1.82, 2.24) is 14.4 Å². The van der Waals surface area contributed by atoms with Crippen molar-refractivity contribution in [2.75, 3.05) is 39.3 Å². The van der Waals surface area contributed by atoms with E-state index < -0.39 is 0 Å². The SMILES string of the molecule is c1ccc(CCN2CCN(CCCn3c4ccccc4c4ccccc43)CC2)cc1. The minimum atomic E-state index is 1.09. The Hall–Kier alpha value is -2.62. The number of aryl methyl sites for hydroxylation is 1. The zero-order valence-corrected chi connectivity index (χ0v) is 17.7. The Balaban J connectivity index is 1.14. The Kier molecular flexibility index (Phi) is 5.82. The molecule has 1 fully saturated rings. The Bertz CT molecular complexity index is 1040. The lowest BCUT2D eigenvalue weighted by Gasteiger charge is -2.34. The van der Waals surface area contributed by atoms with E-state index in [0.717, 1.165) is 13.0 Å². The van der Waals surface area contributed by atoms with Crippen LogP contribution in [0.2, 0.25) is 0 Å². The van der Waals surface area contributed by atoms with Crippen molar-refractivity contribution in [2.24, 2.45) is 0 Å². The fourth-order valence-corrected chi connectivity index (χ4v) is 4.87. The van der Waals surface area contributed by atoms with E-state index >= 15 is 0 Å². The standard InChI is InChI=1S/C27H31N3/c1-2-9-23(10-3-1)15-18-29-21-19-28(20-22-29)16-8-17-30-26-13-6-4-11-24(26)25-12-5-7-14-27(25)30/h1-7,9-14H,8,15-22H2. The first-order valence-corrected chi connectivity index (χ1v) is 11.3. The van der Waals surface area contributed by atoms with E-state index in [1.165, 1.54) is 73.1 Å². The van der Waals surface area contributed by atoms with Crippen LogP contribution in [0.25, 0.3) is 21.8 Å². The fraction of sp³-hybridized carbons (Fsp3) is 0.333. The van der Waals surface area contributed by atoms with Crippen LogP contribution in [0.4, 0.5) is 0 Å². The molecule has 0 bridgehead atoms. The average molecular weight is 398 g/mol. The number of rotatable bonds is 7. The maximum absolute atomic E-state index is 2.65. The van der Waals surface area contributed by atoms with E-state index in [-0.39, 0.29) is 0 Å². The number of hydrogen-bond acceptors (Lipinski definition) is 2. The molecule has 3 nitrogen and oxygen atoms in total. The topological polar surface area (TPSA) is 11.4 Å². The van der Waals surface area contributed by atoms with Gasteiger partial charge in [-0.15, -0.1) is 0 Å². The highest BCUT2D eigenvalue weighted by molar-refractivity contribution is 6.07. The summed E-state index contributed by atoms with van der Waals surface area (Å²) in [6.07, 6.45) is 2.36. The van der Waals surface area contributed by atoms with E-state index in [1.54, 1.807) is 0 Å². The van der Waals surface area contributed by atoms with Crippen molar-refractivity contribution in [3.8, 4) is 0 Å². The summed E-state index contributed by atoms with van der Waals surface area (Å²) in [4.78, 5) is 5.27. The predicted molar refractivity (Wildman–Crippen MR) is 127 cm³/mol. The lowest BCUT2D eigenvalue weighted by molar-refractivity contribution is 0.131. The number of aromatic nitrogens is 1. The minimum Gasteiger partial charge on any atom is -0.340 e. The number of benzene rings is 3. The molecule has 4 aromatic rings. The number of nitrogens with zero attached hydrogens (tertiary/aromatic N) is 3. The van der Waals surface area contributed by atoms with Gasteiger partial charge in [-0.3, -0.25) is 0 Å². The molecule has 0 aliphatic carbocycles. The smallest absolute Gasteiger partial charge is 0.0491 e. The molecule has 0 saturated carbocycles. The number of para-hydroxylation sites is 2. The largest absolute Gasteiger partial charge is 0.340 e. The first-order valence-electron chi connectivity index (χ1n) is 11.3. The van der Waals surface area contributed by atoms with E-state index in [4.69, 9.17) is 0 Å². The molecule has 1 aromatic heterocycles. The summed E-state index contributed by atoms with van der Waals surface area (Å²) in [7, 11) is 0. The van der Waals surface area contributed by atoms with Gasteiger partial charge in [0.1, 0.15) is 0 Å². The second-order valence-corrected chi connectivity index (χ2v) is 8.46. The Morgan fingerprint density at radius 2 is 1.07 bits per heavy atom. The van der Waals surface area contributed by atoms with Crippen molar-refractivity contribution < 1.29 is 0 Å². The molecule has 0 atom stereocenters. The predicted octanol–water partition coefficient (Wildman–Crippen LogP) is 5.04. The molecule has 1 aliphatic heterocycles. The summed E-state index contributed by atoms with van der Waals surface area (Å²) in [5, 5.41) is 2.75. The third-order valence-electron chi connectivity index (χ3n) is 6.56.